The largest absolute Gasteiger partial charge is 0.361 e. The molecule has 1 aromatic heterocycles. The van der Waals surface area contributed by atoms with Crippen molar-refractivity contribution in [3.8, 4) is 6.07 Å². The number of rotatable bonds is 3. The van der Waals surface area contributed by atoms with Crippen LogP contribution < -0.4 is 0 Å². The Morgan fingerprint density at radius 1 is 1.35 bits per heavy atom. The van der Waals surface area contributed by atoms with Gasteiger partial charge in [0, 0.05) is 23.5 Å². The van der Waals surface area contributed by atoms with Crippen LogP contribution in [0.1, 0.15) is 12.5 Å². The number of H-pyrrole nitrogens is 1. The van der Waals surface area contributed by atoms with Gasteiger partial charge in [0.15, 0.2) is 0 Å². The third-order valence-corrected chi connectivity index (χ3v) is 3.44. The average molecular weight is 227 g/mol. The third-order valence-electron chi connectivity index (χ3n) is 3.44. The van der Waals surface area contributed by atoms with Gasteiger partial charge in [0.2, 0.25) is 0 Å². The first-order chi connectivity index (χ1) is 8.07. The summed E-state index contributed by atoms with van der Waals surface area (Å²) < 4.78 is 0. The first-order valence-electron chi connectivity index (χ1n) is 5.70. The molecule has 0 saturated carbocycles. The normalized spacial score (nSPS) is 14.8. The van der Waals surface area contributed by atoms with E-state index in [0.717, 1.165) is 11.9 Å². The molecule has 0 saturated heterocycles. The van der Waals surface area contributed by atoms with Crippen LogP contribution in [-0.4, -0.2) is 29.5 Å². The SMILES string of the molecule is CN(C)C(C)(C#N)Cc1c[nH]c2ccccc12. The minimum Gasteiger partial charge on any atom is -0.361 e. The monoisotopic (exact) mass is 227 g/mol. The number of aromatic amines is 1. The lowest BCUT2D eigenvalue weighted by Gasteiger charge is -2.29. The first kappa shape index (κ1) is 11.7. The number of nitriles is 1. The van der Waals surface area contributed by atoms with Crippen molar-refractivity contribution in [2.45, 2.75) is 18.9 Å². The van der Waals surface area contributed by atoms with Crippen molar-refractivity contribution in [2.75, 3.05) is 14.1 Å². The maximum Gasteiger partial charge on any atom is 0.110 e. The zero-order chi connectivity index (χ0) is 12.5. The number of aromatic nitrogens is 1. The first-order valence-corrected chi connectivity index (χ1v) is 5.70. The minimum absolute atomic E-state index is 0.467. The van der Waals surface area contributed by atoms with Crippen LogP contribution in [0.15, 0.2) is 30.5 Å². The number of nitrogens with zero attached hydrogens (tertiary/aromatic N) is 2. The number of para-hydroxylation sites is 1. The van der Waals surface area contributed by atoms with Crippen LogP contribution in [0, 0.1) is 11.3 Å². The highest BCUT2D eigenvalue weighted by molar-refractivity contribution is 5.83. The van der Waals surface area contributed by atoms with Crippen LogP contribution in [-0.2, 0) is 6.42 Å². The fraction of sp³-hybridized carbons (Fsp3) is 0.357. The Morgan fingerprint density at radius 2 is 2.06 bits per heavy atom. The highest BCUT2D eigenvalue weighted by atomic mass is 15.1. The third kappa shape index (κ3) is 2.04. The molecule has 3 heteroatoms. The Kier molecular flexibility index (Phi) is 2.91. The molecule has 0 amide bonds. The van der Waals surface area contributed by atoms with Gasteiger partial charge in [-0.3, -0.25) is 4.90 Å². The van der Waals surface area contributed by atoms with Crippen molar-refractivity contribution in [2.24, 2.45) is 0 Å². The topological polar surface area (TPSA) is 42.8 Å². The van der Waals surface area contributed by atoms with Gasteiger partial charge in [-0.15, -0.1) is 0 Å². The number of hydrogen-bond donors (Lipinski definition) is 1. The molecule has 1 heterocycles. The lowest BCUT2D eigenvalue weighted by atomic mass is 9.93. The van der Waals surface area contributed by atoms with Crippen molar-refractivity contribution in [1.29, 1.82) is 5.26 Å². The second-order valence-electron chi connectivity index (χ2n) is 4.82. The molecule has 3 nitrogen and oxygen atoms in total. The Balaban J connectivity index is 2.39. The summed E-state index contributed by atoms with van der Waals surface area (Å²) in [7, 11) is 3.89. The standard InChI is InChI=1S/C14H17N3/c1-14(10-15,17(2)3)8-11-9-16-13-7-5-4-6-12(11)13/h4-7,9,16H,8H2,1-3H3. The molecule has 0 aliphatic carbocycles. The second-order valence-corrected chi connectivity index (χ2v) is 4.82. The van der Waals surface area contributed by atoms with Crippen LogP contribution in [0.2, 0.25) is 0 Å². The van der Waals surface area contributed by atoms with Gasteiger partial charge in [0.05, 0.1) is 6.07 Å². The number of likely N-dealkylation sites (N-methyl/N-ethyl adjacent to an activating group) is 1. The van der Waals surface area contributed by atoms with E-state index in [0.29, 0.717) is 0 Å². The maximum absolute atomic E-state index is 9.32. The van der Waals surface area contributed by atoms with Gasteiger partial charge in [-0.1, -0.05) is 18.2 Å². The van der Waals surface area contributed by atoms with Crippen molar-refractivity contribution in [3.63, 3.8) is 0 Å². The molecule has 1 atom stereocenters. The Morgan fingerprint density at radius 3 is 2.71 bits per heavy atom. The van der Waals surface area contributed by atoms with Gasteiger partial charge in [-0.2, -0.15) is 5.26 Å². The van der Waals surface area contributed by atoms with Crippen molar-refractivity contribution >= 4 is 10.9 Å². The van der Waals surface area contributed by atoms with Crippen LogP contribution in [0.5, 0.6) is 0 Å². The van der Waals surface area contributed by atoms with Crippen molar-refractivity contribution in [3.05, 3.63) is 36.0 Å². The van der Waals surface area contributed by atoms with Crippen LogP contribution >= 0.6 is 0 Å². The summed E-state index contributed by atoms with van der Waals surface area (Å²) >= 11 is 0. The molecule has 1 aromatic carbocycles. The molecule has 2 aromatic rings. The van der Waals surface area contributed by atoms with Gasteiger partial charge in [-0.25, -0.2) is 0 Å². The van der Waals surface area contributed by atoms with Crippen LogP contribution in [0.25, 0.3) is 10.9 Å². The predicted octanol–water partition coefficient (Wildman–Crippen LogP) is 2.55. The second kappa shape index (κ2) is 4.23. The Labute approximate surface area is 102 Å². The van der Waals surface area contributed by atoms with Gasteiger partial charge in [-0.05, 0) is 32.6 Å². The number of hydrogen-bond acceptors (Lipinski definition) is 2. The van der Waals surface area contributed by atoms with Gasteiger partial charge in [0.1, 0.15) is 5.54 Å². The van der Waals surface area contributed by atoms with Crippen LogP contribution in [0.4, 0.5) is 0 Å². The number of benzene rings is 1. The summed E-state index contributed by atoms with van der Waals surface area (Å²) in [5, 5.41) is 10.5. The molecule has 0 bridgehead atoms. The fourth-order valence-corrected chi connectivity index (χ4v) is 1.95. The van der Waals surface area contributed by atoms with E-state index in [9.17, 15) is 5.26 Å². The molecular weight excluding hydrogens is 210 g/mol. The zero-order valence-corrected chi connectivity index (χ0v) is 10.5. The molecule has 0 aliphatic heterocycles. The van der Waals surface area contributed by atoms with E-state index in [1.165, 1.54) is 10.9 Å². The van der Waals surface area contributed by atoms with Crippen molar-refractivity contribution < 1.29 is 0 Å². The molecule has 1 N–H and O–H groups in total. The molecule has 0 spiro atoms. The molecule has 0 fully saturated rings. The Bertz CT molecular complexity index is 562. The zero-order valence-electron chi connectivity index (χ0n) is 10.5. The van der Waals surface area contributed by atoms with E-state index in [-0.39, 0.29) is 0 Å². The molecule has 0 radical (unpaired) electrons. The Hall–Kier alpha value is -1.79. The van der Waals surface area contributed by atoms with Gasteiger partial charge >= 0.3 is 0 Å². The fourth-order valence-electron chi connectivity index (χ4n) is 1.95. The van der Waals surface area contributed by atoms with E-state index in [2.05, 4.69) is 23.2 Å². The number of fused-ring (bicyclic) bond motifs is 1. The van der Waals surface area contributed by atoms with Gasteiger partial charge in [0.25, 0.3) is 0 Å². The predicted molar refractivity (Wildman–Crippen MR) is 69.7 cm³/mol. The lowest BCUT2D eigenvalue weighted by Crippen LogP contribution is -2.41. The molecule has 2 rings (SSSR count). The maximum atomic E-state index is 9.32. The van der Waals surface area contributed by atoms with E-state index >= 15 is 0 Å². The highest BCUT2D eigenvalue weighted by Crippen LogP contribution is 2.24. The molecule has 88 valence electrons. The summed E-state index contributed by atoms with van der Waals surface area (Å²) in [6.07, 6.45) is 2.73. The molecular formula is C14H17N3. The summed E-state index contributed by atoms with van der Waals surface area (Å²) in [6.45, 7) is 1.97. The molecule has 1 unspecified atom stereocenters. The highest BCUT2D eigenvalue weighted by Gasteiger charge is 2.27. The molecule has 17 heavy (non-hydrogen) atoms. The smallest absolute Gasteiger partial charge is 0.110 e. The van der Waals surface area contributed by atoms with Gasteiger partial charge < -0.3 is 4.98 Å². The van der Waals surface area contributed by atoms with E-state index in [4.69, 9.17) is 0 Å². The van der Waals surface area contributed by atoms with E-state index in [1.807, 2.05) is 44.2 Å². The quantitative estimate of drug-likeness (QED) is 0.875. The lowest BCUT2D eigenvalue weighted by molar-refractivity contribution is 0.237. The summed E-state index contributed by atoms with van der Waals surface area (Å²) in [6, 6.07) is 10.6. The average Bonchev–Trinajstić information content (AvgIpc) is 2.72. The van der Waals surface area contributed by atoms with E-state index in [1.54, 1.807) is 0 Å². The van der Waals surface area contributed by atoms with Crippen LogP contribution in [0.3, 0.4) is 0 Å². The summed E-state index contributed by atoms with van der Waals surface area (Å²) in [4.78, 5) is 5.21. The number of nitrogens with one attached hydrogen (secondary N) is 1. The van der Waals surface area contributed by atoms with E-state index < -0.39 is 5.54 Å². The molecule has 0 aliphatic rings. The van der Waals surface area contributed by atoms with Crippen molar-refractivity contribution in [1.82, 2.24) is 9.88 Å². The summed E-state index contributed by atoms with van der Waals surface area (Å²) in [5.41, 5.74) is 1.85. The summed E-state index contributed by atoms with van der Waals surface area (Å²) in [5.74, 6) is 0. The minimum atomic E-state index is -0.467.